The van der Waals surface area contributed by atoms with Crippen LogP contribution in [0.15, 0.2) is 36.4 Å². The number of ether oxygens (including phenoxy) is 3. The topological polar surface area (TPSA) is 102 Å². The van der Waals surface area contributed by atoms with Crippen molar-refractivity contribution in [2.24, 2.45) is 0 Å². The first-order chi connectivity index (χ1) is 20.4. The van der Waals surface area contributed by atoms with Crippen molar-refractivity contribution in [3.63, 3.8) is 0 Å². The number of carbonyl (C=O) groups is 3. The Morgan fingerprint density at radius 2 is 1.88 bits per heavy atom. The van der Waals surface area contributed by atoms with E-state index >= 15 is 0 Å². The molecule has 3 heterocycles. The molecule has 0 aliphatic carbocycles. The fourth-order valence-electron chi connectivity index (χ4n) is 5.26. The van der Waals surface area contributed by atoms with Crippen LogP contribution < -0.4 is 9.80 Å². The van der Waals surface area contributed by atoms with Crippen LogP contribution in [0.3, 0.4) is 0 Å². The number of esters is 1. The van der Waals surface area contributed by atoms with Crippen LogP contribution >= 0.6 is 23.1 Å². The molecule has 1 saturated heterocycles. The van der Waals surface area contributed by atoms with Crippen LogP contribution in [0.2, 0.25) is 5.02 Å². The number of anilines is 2. The average Bonchev–Trinajstić information content (AvgIpc) is 3.55. The maximum absolute atomic E-state index is 13.1. The minimum atomic E-state index is -1.60. The monoisotopic (exact) mass is 614 g/mol. The number of unbranched alkanes of at least 4 members (excludes halogenated alkanes) is 1. The summed E-state index contributed by atoms with van der Waals surface area (Å²) in [5.74, 6) is -0.176. The summed E-state index contributed by atoms with van der Waals surface area (Å²) in [6.45, 7) is 8.24. The average molecular weight is 615 g/mol. The van der Waals surface area contributed by atoms with Gasteiger partial charge in [-0.3, -0.25) is 14.6 Å². The highest BCUT2D eigenvalue weighted by Gasteiger charge is 2.41. The number of benzene rings is 2. The SMILES string of the molecule is CCCCOC(=O)OC(C(=O)OCC)N1C(=O)Cc2cc(CCN3CCN(c4nsc5ccccc45)CC3)c(Cl)cc21. The van der Waals surface area contributed by atoms with Crippen molar-refractivity contribution >= 4 is 62.8 Å². The van der Waals surface area contributed by atoms with Crippen molar-refractivity contribution < 1.29 is 28.6 Å². The molecule has 1 unspecified atom stereocenters. The Labute approximate surface area is 254 Å². The van der Waals surface area contributed by atoms with E-state index in [1.807, 2.05) is 19.1 Å². The molecule has 5 rings (SSSR count). The Morgan fingerprint density at radius 1 is 1.10 bits per heavy atom. The van der Waals surface area contributed by atoms with E-state index in [2.05, 4.69) is 28.0 Å². The van der Waals surface area contributed by atoms with E-state index in [1.54, 1.807) is 13.0 Å². The number of hydrogen-bond donors (Lipinski definition) is 0. The van der Waals surface area contributed by atoms with Crippen LogP contribution in [-0.2, 0) is 36.6 Å². The van der Waals surface area contributed by atoms with Gasteiger partial charge in [-0.15, -0.1) is 0 Å². The van der Waals surface area contributed by atoms with Crippen molar-refractivity contribution in [2.75, 3.05) is 55.7 Å². The fourth-order valence-corrected chi connectivity index (χ4v) is 6.31. The molecule has 2 aromatic carbocycles. The van der Waals surface area contributed by atoms with Crippen molar-refractivity contribution in [1.82, 2.24) is 9.27 Å². The molecule has 2 aliphatic rings. The summed E-state index contributed by atoms with van der Waals surface area (Å²) in [5, 5.41) is 1.68. The smallest absolute Gasteiger partial charge is 0.462 e. The van der Waals surface area contributed by atoms with Crippen LogP contribution in [0, 0.1) is 0 Å². The lowest BCUT2D eigenvalue weighted by Crippen LogP contribution is -2.47. The molecule has 42 heavy (non-hydrogen) atoms. The number of aromatic nitrogens is 1. The number of halogens is 1. The third-order valence-electron chi connectivity index (χ3n) is 7.49. The lowest BCUT2D eigenvalue weighted by atomic mass is 10.1. The highest BCUT2D eigenvalue weighted by atomic mass is 35.5. The molecule has 1 fully saturated rings. The van der Waals surface area contributed by atoms with Gasteiger partial charge in [0.05, 0.1) is 30.0 Å². The molecule has 0 bridgehead atoms. The first-order valence-electron chi connectivity index (χ1n) is 14.3. The van der Waals surface area contributed by atoms with Crippen molar-refractivity contribution in [1.29, 1.82) is 0 Å². The lowest BCUT2D eigenvalue weighted by Gasteiger charge is -2.35. The molecule has 1 aromatic heterocycles. The Kier molecular flexibility index (Phi) is 9.81. The zero-order valence-corrected chi connectivity index (χ0v) is 25.4. The minimum Gasteiger partial charge on any atom is -0.462 e. The highest BCUT2D eigenvalue weighted by Crippen LogP contribution is 2.36. The second-order valence-electron chi connectivity index (χ2n) is 10.3. The van der Waals surface area contributed by atoms with Gasteiger partial charge in [0.15, 0.2) is 0 Å². The summed E-state index contributed by atoms with van der Waals surface area (Å²) >= 11 is 8.24. The number of nitrogens with zero attached hydrogens (tertiary/aromatic N) is 4. The summed E-state index contributed by atoms with van der Waals surface area (Å²) in [4.78, 5) is 44.0. The number of amides is 1. The van der Waals surface area contributed by atoms with E-state index < -0.39 is 18.4 Å². The predicted molar refractivity (Wildman–Crippen MR) is 162 cm³/mol. The van der Waals surface area contributed by atoms with Gasteiger partial charge in [-0.2, -0.15) is 4.37 Å². The molecule has 1 amide bonds. The summed E-state index contributed by atoms with van der Waals surface area (Å²) in [6.07, 6.45) is -0.379. The number of rotatable bonds is 11. The first-order valence-corrected chi connectivity index (χ1v) is 15.5. The van der Waals surface area contributed by atoms with Crippen molar-refractivity contribution in [2.45, 2.75) is 45.8 Å². The van der Waals surface area contributed by atoms with Crippen molar-refractivity contribution in [3.05, 3.63) is 52.5 Å². The van der Waals surface area contributed by atoms with Crippen LogP contribution in [0.25, 0.3) is 10.1 Å². The van der Waals surface area contributed by atoms with E-state index in [1.165, 1.54) is 21.6 Å². The zero-order valence-electron chi connectivity index (χ0n) is 23.8. The van der Waals surface area contributed by atoms with Gasteiger partial charge in [-0.1, -0.05) is 43.1 Å². The second-order valence-corrected chi connectivity index (χ2v) is 11.5. The number of carbonyl (C=O) groups excluding carboxylic acids is 3. The molecular weight excluding hydrogens is 580 g/mol. The van der Waals surface area contributed by atoms with Gasteiger partial charge < -0.3 is 19.1 Å². The summed E-state index contributed by atoms with van der Waals surface area (Å²) in [6, 6.07) is 11.9. The van der Waals surface area contributed by atoms with E-state index in [-0.39, 0.29) is 25.5 Å². The largest absolute Gasteiger partial charge is 0.510 e. The third kappa shape index (κ3) is 6.63. The highest BCUT2D eigenvalue weighted by molar-refractivity contribution is 7.13. The van der Waals surface area contributed by atoms with Gasteiger partial charge in [0.1, 0.15) is 5.82 Å². The van der Waals surface area contributed by atoms with Gasteiger partial charge in [0.25, 0.3) is 6.23 Å². The molecule has 0 saturated carbocycles. The summed E-state index contributed by atoms with van der Waals surface area (Å²) in [5.41, 5.74) is 2.07. The van der Waals surface area contributed by atoms with Gasteiger partial charge in [0.2, 0.25) is 5.91 Å². The molecule has 3 aromatic rings. The number of piperazine rings is 1. The van der Waals surface area contributed by atoms with Gasteiger partial charge in [0, 0.05) is 43.1 Å². The van der Waals surface area contributed by atoms with Gasteiger partial charge >= 0.3 is 12.1 Å². The van der Waals surface area contributed by atoms with E-state index in [4.69, 9.17) is 30.2 Å². The third-order valence-corrected chi connectivity index (χ3v) is 8.66. The van der Waals surface area contributed by atoms with E-state index in [0.717, 1.165) is 61.0 Å². The molecule has 0 spiro atoms. The molecule has 0 N–H and O–H groups in total. The fraction of sp³-hybridized carbons (Fsp3) is 0.467. The maximum atomic E-state index is 13.1. The molecule has 1 atom stereocenters. The Bertz CT molecular complexity index is 1440. The standard InChI is InChI=1S/C30H35ClN4O6S/c1-3-5-16-40-30(38)41-28(29(37)39-4-2)35-24-19-23(31)20(17-21(24)18-26(35)36)10-11-33-12-14-34(15-13-33)27-22-8-6-7-9-25(22)42-32-27/h6-9,17,19,28H,3-5,10-16,18H2,1-2H3. The normalized spacial score (nSPS) is 16.0. The minimum absolute atomic E-state index is 0.0594. The molecule has 2 aliphatic heterocycles. The van der Waals surface area contributed by atoms with Crippen LogP contribution in [0.5, 0.6) is 0 Å². The Hall–Kier alpha value is -3.41. The lowest BCUT2D eigenvalue weighted by molar-refractivity contribution is -0.155. The molecular formula is C30H35ClN4O6S. The van der Waals surface area contributed by atoms with Gasteiger partial charge in [-0.25, -0.2) is 9.59 Å². The second kappa shape index (κ2) is 13.7. The van der Waals surface area contributed by atoms with E-state index in [9.17, 15) is 14.4 Å². The Balaban J connectivity index is 1.23. The molecule has 224 valence electrons. The van der Waals surface area contributed by atoms with Gasteiger partial charge in [-0.05, 0) is 60.6 Å². The van der Waals surface area contributed by atoms with Crippen molar-refractivity contribution in [3.8, 4) is 0 Å². The molecule has 0 radical (unpaired) electrons. The van der Waals surface area contributed by atoms with Crippen LogP contribution in [0.1, 0.15) is 37.8 Å². The summed E-state index contributed by atoms with van der Waals surface area (Å²) in [7, 11) is 0. The quantitative estimate of drug-likeness (QED) is 0.217. The van der Waals surface area contributed by atoms with Crippen LogP contribution in [-0.4, -0.2) is 79.5 Å². The number of hydrogen-bond acceptors (Lipinski definition) is 10. The summed E-state index contributed by atoms with van der Waals surface area (Å²) < 4.78 is 21.4. The maximum Gasteiger partial charge on any atom is 0.510 e. The predicted octanol–water partition coefficient (Wildman–Crippen LogP) is 5.05. The molecule has 12 heteroatoms. The first kappa shape index (κ1) is 30.1. The molecule has 10 nitrogen and oxygen atoms in total. The van der Waals surface area contributed by atoms with Crippen LogP contribution in [0.4, 0.5) is 16.3 Å². The number of fused-ring (bicyclic) bond motifs is 2. The van der Waals surface area contributed by atoms with E-state index in [0.29, 0.717) is 23.6 Å². The zero-order chi connectivity index (χ0) is 29.6. The Morgan fingerprint density at radius 3 is 2.64 bits per heavy atom.